The van der Waals surface area contributed by atoms with Crippen LogP contribution in [0.2, 0.25) is 0 Å². The third kappa shape index (κ3) is 7.14. The van der Waals surface area contributed by atoms with Crippen LogP contribution in [0.25, 0.3) is 0 Å². The van der Waals surface area contributed by atoms with Crippen LogP contribution in [0.4, 0.5) is 0 Å². The number of hydrogen-bond acceptors (Lipinski definition) is 5. The van der Waals surface area contributed by atoms with Crippen molar-refractivity contribution in [2.45, 2.75) is 53.5 Å². The van der Waals surface area contributed by atoms with E-state index < -0.39 is 0 Å². The molecule has 1 fully saturated rings. The minimum absolute atomic E-state index is 0.465. The van der Waals surface area contributed by atoms with Gasteiger partial charge in [0, 0.05) is 37.8 Å². The van der Waals surface area contributed by atoms with Crippen LogP contribution in [0.5, 0.6) is 0 Å². The van der Waals surface area contributed by atoms with Gasteiger partial charge in [-0.3, -0.25) is 9.89 Å². The molecule has 1 saturated heterocycles. The first-order chi connectivity index (χ1) is 13.0. The maximum Gasteiger partial charge on any atom is 0.191 e. The molecule has 0 aliphatic carbocycles. The molecular weight excluding hydrogens is 342 g/mol. The molecule has 1 aliphatic rings. The SMILES string of the molecule is CCNC(=NCC(CC(C)C)N1CCOCC1)NCCc1c(C)noc1C. The molecule has 1 aromatic heterocycles. The molecule has 1 unspecified atom stereocenters. The Kier molecular flexibility index (Phi) is 9.07. The van der Waals surface area contributed by atoms with Gasteiger partial charge < -0.3 is 19.9 Å². The summed E-state index contributed by atoms with van der Waals surface area (Å²) >= 11 is 0. The normalized spacial score (nSPS) is 17.3. The van der Waals surface area contributed by atoms with Crippen molar-refractivity contribution in [3.8, 4) is 0 Å². The molecule has 0 saturated carbocycles. The van der Waals surface area contributed by atoms with E-state index in [0.717, 1.165) is 76.2 Å². The van der Waals surface area contributed by atoms with E-state index >= 15 is 0 Å². The van der Waals surface area contributed by atoms with Gasteiger partial charge in [0.25, 0.3) is 0 Å². The van der Waals surface area contributed by atoms with Crippen LogP contribution in [0.3, 0.4) is 0 Å². The predicted octanol–water partition coefficient (Wildman–Crippen LogP) is 2.14. The summed E-state index contributed by atoms with van der Waals surface area (Å²) in [7, 11) is 0. The van der Waals surface area contributed by atoms with E-state index in [-0.39, 0.29) is 0 Å². The van der Waals surface area contributed by atoms with Crippen LogP contribution in [0, 0.1) is 19.8 Å². The number of ether oxygens (including phenoxy) is 1. The number of aryl methyl sites for hydroxylation is 2. The van der Waals surface area contributed by atoms with E-state index in [1.807, 2.05) is 13.8 Å². The van der Waals surface area contributed by atoms with E-state index in [1.54, 1.807) is 0 Å². The van der Waals surface area contributed by atoms with E-state index in [1.165, 1.54) is 5.56 Å². The highest BCUT2D eigenvalue weighted by Gasteiger charge is 2.21. The highest BCUT2D eigenvalue weighted by molar-refractivity contribution is 5.79. The van der Waals surface area contributed by atoms with Crippen molar-refractivity contribution in [3.05, 3.63) is 17.0 Å². The maximum absolute atomic E-state index is 5.51. The third-order valence-corrected chi connectivity index (χ3v) is 4.96. The van der Waals surface area contributed by atoms with Gasteiger partial charge in [0.1, 0.15) is 5.76 Å². The van der Waals surface area contributed by atoms with Gasteiger partial charge >= 0.3 is 0 Å². The Labute approximate surface area is 163 Å². The second-order valence-electron chi connectivity index (χ2n) is 7.63. The number of rotatable bonds is 9. The summed E-state index contributed by atoms with van der Waals surface area (Å²) < 4.78 is 10.8. The molecule has 7 nitrogen and oxygen atoms in total. The molecule has 2 rings (SSSR count). The van der Waals surface area contributed by atoms with Crippen molar-refractivity contribution in [2.75, 3.05) is 45.9 Å². The van der Waals surface area contributed by atoms with E-state index in [4.69, 9.17) is 14.3 Å². The van der Waals surface area contributed by atoms with E-state index in [0.29, 0.717) is 12.0 Å². The number of guanidine groups is 1. The van der Waals surface area contributed by atoms with Crippen molar-refractivity contribution >= 4 is 5.96 Å². The van der Waals surface area contributed by atoms with Gasteiger partial charge in [-0.2, -0.15) is 0 Å². The van der Waals surface area contributed by atoms with Gasteiger partial charge in [-0.15, -0.1) is 0 Å². The summed E-state index contributed by atoms with van der Waals surface area (Å²) in [6.45, 7) is 16.7. The first-order valence-electron chi connectivity index (χ1n) is 10.3. The number of nitrogens with zero attached hydrogens (tertiary/aromatic N) is 3. The number of nitrogens with one attached hydrogen (secondary N) is 2. The molecule has 2 heterocycles. The molecule has 1 aliphatic heterocycles. The van der Waals surface area contributed by atoms with Crippen LogP contribution in [0.15, 0.2) is 9.52 Å². The highest BCUT2D eigenvalue weighted by Crippen LogP contribution is 2.14. The minimum atomic E-state index is 0.465. The lowest BCUT2D eigenvalue weighted by atomic mass is 10.0. The first-order valence-corrected chi connectivity index (χ1v) is 10.3. The Balaban J connectivity index is 1.92. The zero-order chi connectivity index (χ0) is 19.6. The molecule has 0 bridgehead atoms. The fourth-order valence-corrected chi connectivity index (χ4v) is 3.53. The zero-order valence-corrected chi connectivity index (χ0v) is 17.7. The van der Waals surface area contributed by atoms with Gasteiger partial charge in [-0.1, -0.05) is 19.0 Å². The Morgan fingerprint density at radius 2 is 1.96 bits per heavy atom. The molecular formula is C20H37N5O2. The summed E-state index contributed by atoms with van der Waals surface area (Å²) in [4.78, 5) is 7.41. The van der Waals surface area contributed by atoms with Gasteiger partial charge in [0.15, 0.2) is 5.96 Å². The van der Waals surface area contributed by atoms with Crippen LogP contribution >= 0.6 is 0 Å². The van der Waals surface area contributed by atoms with Crippen molar-refractivity contribution in [1.82, 2.24) is 20.7 Å². The number of hydrogen-bond donors (Lipinski definition) is 2. The van der Waals surface area contributed by atoms with Crippen molar-refractivity contribution in [2.24, 2.45) is 10.9 Å². The number of aromatic nitrogens is 1. The minimum Gasteiger partial charge on any atom is -0.379 e. The Hall–Kier alpha value is -1.60. The summed E-state index contributed by atoms with van der Waals surface area (Å²) in [5.41, 5.74) is 2.16. The molecule has 7 heteroatoms. The molecule has 1 aromatic rings. The molecule has 2 N–H and O–H groups in total. The zero-order valence-electron chi connectivity index (χ0n) is 17.7. The van der Waals surface area contributed by atoms with Crippen LogP contribution in [0.1, 0.15) is 44.2 Å². The van der Waals surface area contributed by atoms with Crippen LogP contribution in [-0.4, -0.2) is 68.0 Å². The lowest BCUT2D eigenvalue weighted by Crippen LogP contribution is -2.46. The van der Waals surface area contributed by atoms with Crippen molar-refractivity contribution < 1.29 is 9.26 Å². The summed E-state index contributed by atoms with van der Waals surface area (Å²) in [6, 6.07) is 0.465. The average molecular weight is 380 g/mol. The van der Waals surface area contributed by atoms with Crippen molar-refractivity contribution in [1.29, 1.82) is 0 Å². The molecule has 0 amide bonds. The molecule has 154 valence electrons. The Morgan fingerprint density at radius 3 is 2.56 bits per heavy atom. The smallest absolute Gasteiger partial charge is 0.191 e. The number of aliphatic imine (C=N–C) groups is 1. The van der Waals surface area contributed by atoms with Gasteiger partial charge in [-0.05, 0) is 39.5 Å². The lowest BCUT2D eigenvalue weighted by molar-refractivity contribution is 0.0143. The second kappa shape index (κ2) is 11.3. The van der Waals surface area contributed by atoms with Gasteiger partial charge in [0.2, 0.25) is 0 Å². The topological polar surface area (TPSA) is 74.9 Å². The summed E-state index contributed by atoms with van der Waals surface area (Å²) in [6.07, 6.45) is 2.03. The fraction of sp³-hybridized carbons (Fsp3) is 0.800. The van der Waals surface area contributed by atoms with Crippen molar-refractivity contribution in [3.63, 3.8) is 0 Å². The van der Waals surface area contributed by atoms with E-state index in [2.05, 4.69) is 41.5 Å². The second-order valence-corrected chi connectivity index (χ2v) is 7.63. The molecule has 27 heavy (non-hydrogen) atoms. The van der Waals surface area contributed by atoms with E-state index in [9.17, 15) is 0 Å². The monoisotopic (exact) mass is 379 g/mol. The van der Waals surface area contributed by atoms with Gasteiger partial charge in [-0.25, -0.2) is 0 Å². The molecule has 0 spiro atoms. The largest absolute Gasteiger partial charge is 0.379 e. The standard InChI is InChI=1S/C20H37N5O2/c1-6-21-20(22-8-7-19-16(4)24-27-17(19)5)23-14-18(13-15(2)3)25-9-11-26-12-10-25/h15,18H,6-14H2,1-5H3,(H2,21,22,23). The fourth-order valence-electron chi connectivity index (χ4n) is 3.53. The Morgan fingerprint density at radius 1 is 1.22 bits per heavy atom. The molecule has 0 aromatic carbocycles. The third-order valence-electron chi connectivity index (χ3n) is 4.96. The van der Waals surface area contributed by atoms with Crippen LogP contribution < -0.4 is 10.6 Å². The average Bonchev–Trinajstić information content (AvgIpc) is 2.97. The quantitative estimate of drug-likeness (QED) is 0.506. The van der Waals surface area contributed by atoms with Gasteiger partial charge in [0.05, 0.1) is 25.5 Å². The summed E-state index contributed by atoms with van der Waals surface area (Å²) in [5, 5.41) is 10.8. The van der Waals surface area contributed by atoms with Crippen LogP contribution in [-0.2, 0) is 11.2 Å². The maximum atomic E-state index is 5.51. The Bertz CT molecular complexity index is 559. The first kappa shape index (κ1) is 21.7. The highest BCUT2D eigenvalue weighted by atomic mass is 16.5. The molecule has 1 atom stereocenters. The lowest BCUT2D eigenvalue weighted by Gasteiger charge is -2.34. The summed E-state index contributed by atoms with van der Waals surface area (Å²) in [5.74, 6) is 2.44. The predicted molar refractivity (Wildman–Crippen MR) is 109 cm³/mol. The number of morpholine rings is 1. The molecule has 0 radical (unpaired) electrons.